The number of allylic oxidation sites excluding steroid dienone is 2. The molecule has 1 nitrogen and oxygen atoms in total. The molecule has 0 N–H and O–H groups in total. The molecule has 0 unspecified atom stereocenters. The zero-order valence-corrected chi connectivity index (χ0v) is 15.4. The number of aromatic nitrogens is 1. The van der Waals surface area contributed by atoms with Crippen LogP contribution in [0.5, 0.6) is 0 Å². The van der Waals surface area contributed by atoms with Gasteiger partial charge in [-0.25, -0.2) is 0 Å². The van der Waals surface area contributed by atoms with Crippen molar-refractivity contribution in [1.82, 2.24) is 4.57 Å². The molecule has 2 aliphatic carbocycles. The summed E-state index contributed by atoms with van der Waals surface area (Å²) >= 11 is 1.93. The number of fused-ring (bicyclic) bond motifs is 6. The van der Waals surface area contributed by atoms with Crippen LogP contribution in [0.2, 0.25) is 0 Å². The molecule has 0 saturated heterocycles. The van der Waals surface area contributed by atoms with E-state index in [-0.39, 0.29) is 0 Å². The molecule has 0 radical (unpaired) electrons. The van der Waals surface area contributed by atoms with Crippen LogP contribution < -0.4 is 0 Å². The second-order valence-electron chi connectivity index (χ2n) is 7.22. The summed E-state index contributed by atoms with van der Waals surface area (Å²) in [6.45, 7) is 0. The highest BCUT2D eigenvalue weighted by molar-refractivity contribution is 7.20. The van der Waals surface area contributed by atoms with Gasteiger partial charge in [-0.15, -0.1) is 11.3 Å². The summed E-state index contributed by atoms with van der Waals surface area (Å²) < 4.78 is 3.91. The number of thiophene rings is 1. The molecule has 0 bridgehead atoms. The quantitative estimate of drug-likeness (QED) is 0.356. The Balaban J connectivity index is 1.66. The van der Waals surface area contributed by atoms with Crippen LogP contribution in [0.1, 0.15) is 34.5 Å². The Kier molecular flexibility index (Phi) is 3.06. The van der Waals surface area contributed by atoms with Crippen LogP contribution >= 0.6 is 11.3 Å². The topological polar surface area (TPSA) is 4.93 Å². The third kappa shape index (κ3) is 1.96. The average Bonchev–Trinajstić information content (AvgIpc) is 3.23. The van der Waals surface area contributed by atoms with Gasteiger partial charge in [-0.2, -0.15) is 0 Å². The molecule has 0 atom stereocenters. The van der Waals surface area contributed by atoms with Gasteiger partial charge < -0.3 is 4.57 Å². The highest BCUT2D eigenvalue weighted by atomic mass is 32.1. The first-order valence-electron chi connectivity index (χ1n) is 9.41. The molecule has 0 aliphatic heterocycles. The van der Waals surface area contributed by atoms with E-state index in [2.05, 4.69) is 71.3 Å². The molecule has 6 rings (SSSR count). The van der Waals surface area contributed by atoms with Crippen molar-refractivity contribution in [1.29, 1.82) is 0 Å². The van der Waals surface area contributed by atoms with Gasteiger partial charge in [-0.3, -0.25) is 0 Å². The van der Waals surface area contributed by atoms with Gasteiger partial charge in [0.2, 0.25) is 0 Å². The SMILES string of the molecule is C1=Cc2sc3ccc(-n4c5c(c6ccccc64)C=CCC5)cc3c2CC1. The molecule has 0 amide bonds. The Morgan fingerprint density at radius 2 is 1.73 bits per heavy atom. The van der Waals surface area contributed by atoms with Crippen LogP contribution in [0.3, 0.4) is 0 Å². The van der Waals surface area contributed by atoms with Crippen LogP contribution in [-0.4, -0.2) is 4.57 Å². The van der Waals surface area contributed by atoms with Gasteiger partial charge >= 0.3 is 0 Å². The Labute approximate surface area is 156 Å². The van der Waals surface area contributed by atoms with Crippen molar-refractivity contribution in [3.63, 3.8) is 0 Å². The summed E-state index contributed by atoms with van der Waals surface area (Å²) in [5, 5.41) is 2.82. The maximum atomic E-state index is 2.50. The van der Waals surface area contributed by atoms with Crippen molar-refractivity contribution in [2.75, 3.05) is 0 Å². The Bertz CT molecular complexity index is 1230. The van der Waals surface area contributed by atoms with E-state index in [0.29, 0.717) is 0 Å². The van der Waals surface area contributed by atoms with Crippen LogP contribution in [0.4, 0.5) is 0 Å². The number of benzene rings is 2. The molecule has 4 aromatic rings. The smallest absolute Gasteiger partial charge is 0.0537 e. The third-order valence-electron chi connectivity index (χ3n) is 5.74. The van der Waals surface area contributed by atoms with Gasteiger partial charge in [0, 0.05) is 31.9 Å². The van der Waals surface area contributed by atoms with E-state index in [1.165, 1.54) is 49.2 Å². The van der Waals surface area contributed by atoms with Gasteiger partial charge in [0.05, 0.1) is 5.52 Å². The Morgan fingerprint density at radius 1 is 0.846 bits per heavy atom. The van der Waals surface area contributed by atoms with E-state index >= 15 is 0 Å². The molecular formula is C24H19NS. The number of rotatable bonds is 1. The van der Waals surface area contributed by atoms with E-state index in [4.69, 9.17) is 0 Å². The van der Waals surface area contributed by atoms with Crippen molar-refractivity contribution in [2.45, 2.75) is 25.7 Å². The maximum absolute atomic E-state index is 2.50. The standard InChI is InChI=1S/C24H19NS/c1-4-10-21-17(7-1)18-8-2-5-11-22(18)25(21)16-13-14-24-20(15-16)19-9-3-6-12-23(19)26-24/h1-2,4,6-8,10,12-15H,3,5,9,11H2. The van der Waals surface area contributed by atoms with E-state index in [1.807, 2.05) is 11.3 Å². The molecule has 2 aliphatic rings. The normalized spacial score (nSPS) is 15.5. The van der Waals surface area contributed by atoms with Gasteiger partial charge in [0.25, 0.3) is 0 Å². The summed E-state index contributed by atoms with van der Waals surface area (Å²) in [6, 6.07) is 15.9. The molecular weight excluding hydrogens is 334 g/mol. The molecule has 2 heteroatoms. The van der Waals surface area contributed by atoms with Crippen molar-refractivity contribution >= 4 is 44.5 Å². The number of aryl methyl sites for hydroxylation is 1. The first kappa shape index (κ1) is 14.6. The molecule has 2 aromatic heterocycles. The average molecular weight is 353 g/mol. The highest BCUT2D eigenvalue weighted by Gasteiger charge is 2.19. The zero-order valence-electron chi connectivity index (χ0n) is 14.5. The maximum Gasteiger partial charge on any atom is 0.0537 e. The lowest BCUT2D eigenvalue weighted by Gasteiger charge is -2.14. The van der Waals surface area contributed by atoms with Crippen LogP contribution in [-0.2, 0) is 12.8 Å². The van der Waals surface area contributed by atoms with E-state index in [9.17, 15) is 0 Å². The fourth-order valence-electron chi connectivity index (χ4n) is 4.57. The fourth-order valence-corrected chi connectivity index (χ4v) is 5.74. The van der Waals surface area contributed by atoms with Crippen molar-refractivity contribution in [3.8, 4) is 5.69 Å². The fraction of sp³-hybridized carbons (Fsp3) is 0.167. The minimum atomic E-state index is 1.11. The van der Waals surface area contributed by atoms with Crippen LogP contribution in [0.25, 0.3) is 38.8 Å². The summed E-state index contributed by atoms with van der Waals surface area (Å²) in [5.41, 5.74) is 7.03. The van der Waals surface area contributed by atoms with Crippen LogP contribution in [0.15, 0.2) is 54.6 Å². The van der Waals surface area contributed by atoms with Crippen LogP contribution in [0, 0.1) is 0 Å². The molecule has 26 heavy (non-hydrogen) atoms. The Hall–Kier alpha value is -2.58. The minimum absolute atomic E-state index is 1.11. The first-order chi connectivity index (χ1) is 12.9. The molecule has 126 valence electrons. The molecule has 0 saturated carbocycles. The van der Waals surface area contributed by atoms with Crippen molar-refractivity contribution in [2.24, 2.45) is 0 Å². The van der Waals surface area contributed by atoms with Gasteiger partial charge in [-0.05, 0) is 67.0 Å². The molecule has 0 spiro atoms. The number of nitrogens with zero attached hydrogens (tertiary/aromatic N) is 1. The molecule has 0 fully saturated rings. The second kappa shape index (κ2) is 5.46. The highest BCUT2D eigenvalue weighted by Crippen LogP contribution is 2.39. The molecule has 2 heterocycles. The summed E-state index contributed by atoms with van der Waals surface area (Å²) in [7, 11) is 0. The van der Waals surface area contributed by atoms with Gasteiger partial charge in [-0.1, -0.05) is 36.4 Å². The second-order valence-corrected chi connectivity index (χ2v) is 8.30. The number of para-hydroxylation sites is 1. The Morgan fingerprint density at radius 3 is 2.73 bits per heavy atom. The van der Waals surface area contributed by atoms with Crippen molar-refractivity contribution in [3.05, 3.63) is 76.3 Å². The van der Waals surface area contributed by atoms with E-state index in [0.717, 1.165) is 19.3 Å². The molecule has 2 aromatic carbocycles. The summed E-state index contributed by atoms with van der Waals surface area (Å²) in [4.78, 5) is 1.45. The third-order valence-corrected chi connectivity index (χ3v) is 6.92. The number of hydrogen-bond donors (Lipinski definition) is 0. The lowest BCUT2D eigenvalue weighted by Crippen LogP contribution is -2.03. The van der Waals surface area contributed by atoms with Crippen molar-refractivity contribution < 1.29 is 0 Å². The van der Waals surface area contributed by atoms with E-state index < -0.39 is 0 Å². The monoisotopic (exact) mass is 353 g/mol. The number of hydrogen-bond acceptors (Lipinski definition) is 1. The largest absolute Gasteiger partial charge is 0.313 e. The van der Waals surface area contributed by atoms with Gasteiger partial charge in [0.1, 0.15) is 0 Å². The van der Waals surface area contributed by atoms with E-state index in [1.54, 1.807) is 5.56 Å². The predicted molar refractivity (Wildman–Crippen MR) is 113 cm³/mol. The lowest BCUT2D eigenvalue weighted by molar-refractivity contribution is 0.889. The first-order valence-corrected chi connectivity index (χ1v) is 10.2. The predicted octanol–water partition coefficient (Wildman–Crippen LogP) is 6.76. The lowest BCUT2D eigenvalue weighted by atomic mass is 10.0. The zero-order chi connectivity index (χ0) is 17.1. The summed E-state index contributed by atoms with van der Waals surface area (Å²) in [5.74, 6) is 0. The van der Waals surface area contributed by atoms with Gasteiger partial charge in [0.15, 0.2) is 0 Å². The summed E-state index contributed by atoms with van der Waals surface area (Å²) in [6.07, 6.45) is 13.8. The minimum Gasteiger partial charge on any atom is -0.313 e.